The lowest BCUT2D eigenvalue weighted by atomic mass is 10.1. The lowest BCUT2D eigenvalue weighted by Gasteiger charge is -2.14. The maximum atomic E-state index is 13.4. The minimum absolute atomic E-state index is 0.000913. The number of hydrogen-bond acceptors (Lipinski definition) is 6. The van der Waals surface area contributed by atoms with Gasteiger partial charge in [-0.3, -0.25) is 18.7 Å². The highest BCUT2D eigenvalue weighted by Gasteiger charge is 2.18. The number of nitrogens with zero attached hydrogens (tertiary/aromatic N) is 3. The zero-order chi connectivity index (χ0) is 23.7. The van der Waals surface area contributed by atoms with Crippen LogP contribution in [0.25, 0.3) is 11.0 Å². The van der Waals surface area contributed by atoms with Gasteiger partial charge in [0.25, 0.3) is 5.56 Å². The Kier molecular flexibility index (Phi) is 5.59. The molecule has 0 bridgehead atoms. The number of pyridine rings is 1. The van der Waals surface area contributed by atoms with Crippen LogP contribution in [0.5, 0.6) is 11.5 Å². The van der Waals surface area contributed by atoms with Crippen molar-refractivity contribution >= 4 is 22.6 Å². The second kappa shape index (κ2) is 8.86. The van der Waals surface area contributed by atoms with E-state index in [1.807, 2.05) is 24.3 Å². The normalized spacial score (nSPS) is 12.1. The second-order valence-corrected chi connectivity index (χ2v) is 7.92. The zero-order valence-corrected chi connectivity index (χ0v) is 18.5. The van der Waals surface area contributed by atoms with Crippen molar-refractivity contribution in [1.82, 2.24) is 14.1 Å². The van der Waals surface area contributed by atoms with Gasteiger partial charge in [-0.05, 0) is 53.9 Å². The van der Waals surface area contributed by atoms with E-state index in [4.69, 9.17) is 9.47 Å². The number of rotatable bonds is 6. The first-order valence-electron chi connectivity index (χ1n) is 10.9. The molecule has 4 aromatic rings. The summed E-state index contributed by atoms with van der Waals surface area (Å²) in [6, 6.07) is 16.0. The minimum atomic E-state index is -0.598. The average molecular weight is 458 g/mol. The Balaban J connectivity index is 1.50. The number of anilines is 1. The Hall–Kier alpha value is -4.40. The van der Waals surface area contributed by atoms with Gasteiger partial charge in [0.15, 0.2) is 17.0 Å². The van der Waals surface area contributed by atoms with Crippen molar-refractivity contribution in [2.24, 2.45) is 0 Å². The summed E-state index contributed by atoms with van der Waals surface area (Å²) in [6.45, 7) is 1.91. The van der Waals surface area contributed by atoms with Gasteiger partial charge < -0.3 is 14.8 Å². The van der Waals surface area contributed by atoms with Crippen molar-refractivity contribution in [3.05, 3.63) is 92.8 Å². The van der Waals surface area contributed by atoms with Crippen molar-refractivity contribution in [2.45, 2.75) is 26.4 Å². The van der Waals surface area contributed by atoms with Gasteiger partial charge in [-0.25, -0.2) is 9.78 Å². The molecule has 0 spiro atoms. The minimum Gasteiger partial charge on any atom is -0.454 e. The van der Waals surface area contributed by atoms with Crippen LogP contribution in [0, 0.1) is 0 Å². The Bertz CT molecular complexity index is 1510. The molecule has 3 heterocycles. The van der Waals surface area contributed by atoms with Gasteiger partial charge in [-0.2, -0.15) is 0 Å². The predicted octanol–water partition coefficient (Wildman–Crippen LogP) is 2.54. The smallest absolute Gasteiger partial charge is 0.332 e. The molecule has 172 valence electrons. The fourth-order valence-electron chi connectivity index (χ4n) is 3.92. The van der Waals surface area contributed by atoms with Crippen molar-refractivity contribution in [3.63, 3.8) is 0 Å². The zero-order valence-electron chi connectivity index (χ0n) is 18.5. The molecule has 1 aliphatic heterocycles. The topological polar surface area (TPSA) is 104 Å². The SMILES string of the molecule is CCc1ccc(NC(=O)Cn2c(=O)n(Cc3ccc4c(c3)OCO4)c(=O)c3ncccc32)cc1. The van der Waals surface area contributed by atoms with Crippen molar-refractivity contribution in [3.8, 4) is 11.5 Å². The summed E-state index contributed by atoms with van der Waals surface area (Å²) in [5.41, 5.74) is 1.77. The first kappa shape index (κ1) is 21.4. The van der Waals surface area contributed by atoms with E-state index in [0.717, 1.165) is 16.6 Å². The summed E-state index contributed by atoms with van der Waals surface area (Å²) in [6.07, 6.45) is 2.38. The molecule has 2 aromatic carbocycles. The van der Waals surface area contributed by atoms with Gasteiger partial charge in [0.2, 0.25) is 12.7 Å². The maximum absolute atomic E-state index is 13.4. The van der Waals surface area contributed by atoms with Crippen molar-refractivity contribution in [1.29, 1.82) is 0 Å². The summed E-state index contributed by atoms with van der Waals surface area (Å²) < 4.78 is 13.1. The maximum Gasteiger partial charge on any atom is 0.332 e. The van der Waals surface area contributed by atoms with Crippen LogP contribution < -0.4 is 26.0 Å². The van der Waals surface area contributed by atoms with Gasteiger partial charge in [0.1, 0.15) is 6.54 Å². The molecule has 0 unspecified atom stereocenters. The molecule has 9 heteroatoms. The van der Waals surface area contributed by atoms with E-state index in [-0.39, 0.29) is 31.3 Å². The fraction of sp³-hybridized carbons (Fsp3) is 0.200. The lowest BCUT2D eigenvalue weighted by molar-refractivity contribution is -0.116. The molecular formula is C25H22N4O5. The van der Waals surface area contributed by atoms with E-state index < -0.39 is 11.2 Å². The molecule has 9 nitrogen and oxygen atoms in total. The first-order valence-corrected chi connectivity index (χ1v) is 10.9. The van der Waals surface area contributed by atoms with Crippen LogP contribution in [0.3, 0.4) is 0 Å². The highest BCUT2D eigenvalue weighted by Crippen LogP contribution is 2.32. The van der Waals surface area contributed by atoms with Crippen LogP contribution in [0.4, 0.5) is 5.69 Å². The molecule has 0 fully saturated rings. The van der Waals surface area contributed by atoms with E-state index in [9.17, 15) is 14.4 Å². The fourth-order valence-corrected chi connectivity index (χ4v) is 3.92. The molecule has 1 aliphatic rings. The molecule has 5 rings (SSSR count). The number of aromatic nitrogens is 3. The van der Waals surface area contributed by atoms with Crippen LogP contribution in [0.1, 0.15) is 18.1 Å². The third kappa shape index (κ3) is 4.03. The largest absolute Gasteiger partial charge is 0.454 e. The van der Waals surface area contributed by atoms with Crippen LogP contribution in [-0.4, -0.2) is 26.8 Å². The molecule has 1 N–H and O–H groups in total. The molecular weight excluding hydrogens is 436 g/mol. The number of hydrogen-bond donors (Lipinski definition) is 1. The van der Waals surface area contributed by atoms with Crippen molar-refractivity contribution in [2.75, 3.05) is 12.1 Å². The summed E-state index contributed by atoms with van der Waals surface area (Å²) in [5, 5.41) is 2.81. The first-order chi connectivity index (χ1) is 16.5. The number of carbonyl (C=O) groups excluding carboxylic acids is 1. The monoisotopic (exact) mass is 458 g/mol. The number of carbonyl (C=O) groups is 1. The van der Waals surface area contributed by atoms with Crippen LogP contribution in [-0.2, 0) is 24.3 Å². The van der Waals surface area contributed by atoms with Crippen LogP contribution in [0.2, 0.25) is 0 Å². The molecule has 0 saturated carbocycles. The van der Waals surface area contributed by atoms with Gasteiger partial charge in [-0.15, -0.1) is 0 Å². The Morgan fingerprint density at radius 2 is 1.76 bits per heavy atom. The molecule has 1 amide bonds. The number of fused-ring (bicyclic) bond motifs is 2. The standard InChI is InChI=1S/C25H22N4O5/c1-2-16-5-8-18(9-6-16)27-22(30)14-28-19-4-3-11-26-23(19)24(31)29(25(28)32)13-17-7-10-20-21(12-17)34-15-33-20/h3-12H,2,13-15H2,1H3,(H,27,30). The predicted molar refractivity (Wildman–Crippen MR) is 126 cm³/mol. The van der Waals surface area contributed by atoms with E-state index in [0.29, 0.717) is 28.3 Å². The van der Waals surface area contributed by atoms with Gasteiger partial charge in [0.05, 0.1) is 12.1 Å². The Labute approximate surface area is 194 Å². The molecule has 2 aromatic heterocycles. The number of amides is 1. The third-order valence-electron chi connectivity index (χ3n) is 5.71. The van der Waals surface area contributed by atoms with Gasteiger partial charge in [-0.1, -0.05) is 25.1 Å². The summed E-state index contributed by atoms with van der Waals surface area (Å²) >= 11 is 0. The van der Waals surface area contributed by atoms with Gasteiger partial charge >= 0.3 is 5.69 Å². The highest BCUT2D eigenvalue weighted by molar-refractivity contribution is 5.91. The van der Waals surface area contributed by atoms with E-state index >= 15 is 0 Å². The average Bonchev–Trinajstić information content (AvgIpc) is 3.33. The van der Waals surface area contributed by atoms with Gasteiger partial charge in [0, 0.05) is 11.9 Å². The molecule has 0 radical (unpaired) electrons. The number of ether oxygens (including phenoxy) is 2. The second-order valence-electron chi connectivity index (χ2n) is 7.92. The Morgan fingerprint density at radius 1 is 1.00 bits per heavy atom. The van der Waals surface area contributed by atoms with E-state index in [1.165, 1.54) is 10.8 Å². The molecule has 0 saturated heterocycles. The summed E-state index contributed by atoms with van der Waals surface area (Å²) in [4.78, 5) is 43.5. The molecule has 34 heavy (non-hydrogen) atoms. The number of aryl methyl sites for hydroxylation is 1. The lowest BCUT2D eigenvalue weighted by Crippen LogP contribution is -2.42. The van der Waals surface area contributed by atoms with Crippen molar-refractivity contribution < 1.29 is 14.3 Å². The quantitative estimate of drug-likeness (QED) is 0.476. The van der Waals surface area contributed by atoms with Crippen LogP contribution in [0.15, 0.2) is 70.4 Å². The Morgan fingerprint density at radius 3 is 2.56 bits per heavy atom. The van der Waals surface area contributed by atoms with Crippen LogP contribution >= 0.6 is 0 Å². The summed E-state index contributed by atoms with van der Waals surface area (Å²) in [7, 11) is 0. The van der Waals surface area contributed by atoms with E-state index in [2.05, 4.69) is 17.2 Å². The molecule has 0 atom stereocenters. The molecule has 0 aliphatic carbocycles. The highest BCUT2D eigenvalue weighted by atomic mass is 16.7. The third-order valence-corrected chi connectivity index (χ3v) is 5.71. The van der Waals surface area contributed by atoms with E-state index in [1.54, 1.807) is 30.3 Å². The summed E-state index contributed by atoms with van der Waals surface area (Å²) in [5.74, 6) is 0.778. The number of nitrogens with one attached hydrogen (secondary N) is 1. The number of benzene rings is 2.